The lowest BCUT2D eigenvalue weighted by Crippen LogP contribution is -2.31. The molecule has 0 saturated carbocycles. The van der Waals surface area contributed by atoms with Crippen LogP contribution in [0.1, 0.15) is 32.3 Å². The standard InChI is InChI=1S/C20H20N2O3S2/c1-14-7-8-16(11-15(14)2)20(23)22-13-18(17-5-3-9-21-12-17)27(24,25)19-6-4-10-26-19/h3-12,18H,13H2,1-2H3,(H,22,23)/t18-/m0/s1. The van der Waals surface area contributed by atoms with E-state index in [1.807, 2.05) is 19.9 Å². The number of sulfone groups is 1. The van der Waals surface area contributed by atoms with Crippen molar-refractivity contribution in [1.29, 1.82) is 0 Å². The number of aromatic nitrogens is 1. The quantitative estimate of drug-likeness (QED) is 0.684. The van der Waals surface area contributed by atoms with E-state index in [4.69, 9.17) is 0 Å². The Morgan fingerprint density at radius 2 is 1.96 bits per heavy atom. The maximum Gasteiger partial charge on any atom is 0.251 e. The molecule has 0 aliphatic rings. The molecule has 3 rings (SSSR count). The molecule has 0 aliphatic heterocycles. The van der Waals surface area contributed by atoms with Crippen molar-refractivity contribution in [3.8, 4) is 0 Å². The lowest BCUT2D eigenvalue weighted by atomic mass is 10.1. The predicted molar refractivity (Wildman–Crippen MR) is 107 cm³/mol. The lowest BCUT2D eigenvalue weighted by molar-refractivity contribution is 0.0953. The fourth-order valence-corrected chi connectivity index (χ4v) is 5.56. The highest BCUT2D eigenvalue weighted by Crippen LogP contribution is 2.30. The highest BCUT2D eigenvalue weighted by molar-refractivity contribution is 7.93. The van der Waals surface area contributed by atoms with Crippen molar-refractivity contribution in [1.82, 2.24) is 10.3 Å². The zero-order chi connectivity index (χ0) is 19.4. The summed E-state index contributed by atoms with van der Waals surface area (Å²) in [5, 5.41) is 3.59. The van der Waals surface area contributed by atoms with Crippen LogP contribution in [0.15, 0.2) is 64.4 Å². The van der Waals surface area contributed by atoms with E-state index in [0.717, 1.165) is 11.1 Å². The molecule has 0 spiro atoms. The molecule has 0 bridgehead atoms. The minimum absolute atomic E-state index is 0.0301. The summed E-state index contributed by atoms with van der Waals surface area (Å²) in [7, 11) is -3.64. The monoisotopic (exact) mass is 400 g/mol. The molecule has 27 heavy (non-hydrogen) atoms. The van der Waals surface area contributed by atoms with Crippen molar-refractivity contribution in [3.05, 3.63) is 82.5 Å². The Morgan fingerprint density at radius 3 is 2.59 bits per heavy atom. The van der Waals surface area contributed by atoms with Gasteiger partial charge in [0.25, 0.3) is 5.91 Å². The lowest BCUT2D eigenvalue weighted by Gasteiger charge is -2.18. The number of rotatable bonds is 6. The third-order valence-electron chi connectivity index (χ3n) is 4.42. The first-order valence-electron chi connectivity index (χ1n) is 8.42. The molecule has 7 heteroatoms. The number of thiophene rings is 1. The summed E-state index contributed by atoms with van der Waals surface area (Å²) in [6.45, 7) is 3.88. The van der Waals surface area contributed by atoms with Gasteiger partial charge in [0.2, 0.25) is 0 Å². The normalized spacial score (nSPS) is 12.5. The van der Waals surface area contributed by atoms with Crippen molar-refractivity contribution in [2.75, 3.05) is 6.54 Å². The van der Waals surface area contributed by atoms with Gasteiger partial charge in [-0.25, -0.2) is 8.42 Å². The van der Waals surface area contributed by atoms with Crippen molar-refractivity contribution in [2.24, 2.45) is 0 Å². The minimum Gasteiger partial charge on any atom is -0.350 e. The second-order valence-electron chi connectivity index (χ2n) is 6.26. The Kier molecular flexibility index (Phi) is 5.72. The molecule has 3 aromatic rings. The van der Waals surface area contributed by atoms with Crippen LogP contribution in [0.25, 0.3) is 0 Å². The molecule has 1 aromatic carbocycles. The molecule has 0 saturated heterocycles. The van der Waals surface area contributed by atoms with Gasteiger partial charge >= 0.3 is 0 Å². The molecule has 0 aliphatic carbocycles. The summed E-state index contributed by atoms with van der Waals surface area (Å²) >= 11 is 1.17. The largest absolute Gasteiger partial charge is 0.350 e. The zero-order valence-corrected chi connectivity index (χ0v) is 16.7. The fraction of sp³-hybridized carbons (Fsp3) is 0.200. The van der Waals surface area contributed by atoms with Crippen LogP contribution in [0.2, 0.25) is 0 Å². The van der Waals surface area contributed by atoms with E-state index in [1.54, 1.807) is 48.0 Å². The summed E-state index contributed by atoms with van der Waals surface area (Å²) in [6, 6.07) is 12.1. The molecule has 0 radical (unpaired) electrons. The molecule has 2 heterocycles. The first-order chi connectivity index (χ1) is 12.9. The van der Waals surface area contributed by atoms with Gasteiger partial charge in [0.1, 0.15) is 9.46 Å². The van der Waals surface area contributed by atoms with Gasteiger partial charge in [-0.15, -0.1) is 11.3 Å². The Hall–Kier alpha value is -2.51. The second kappa shape index (κ2) is 8.02. The van der Waals surface area contributed by atoms with E-state index in [0.29, 0.717) is 11.1 Å². The maximum absolute atomic E-state index is 13.1. The molecule has 140 valence electrons. The minimum atomic E-state index is -3.64. The third-order valence-corrected chi connectivity index (χ3v) is 7.96. The van der Waals surface area contributed by atoms with Crippen molar-refractivity contribution >= 4 is 27.1 Å². The number of aryl methyl sites for hydroxylation is 2. The van der Waals surface area contributed by atoms with Gasteiger partial charge in [0, 0.05) is 24.5 Å². The average molecular weight is 401 g/mol. The van der Waals surface area contributed by atoms with E-state index in [1.165, 1.54) is 17.5 Å². The second-order valence-corrected chi connectivity index (χ2v) is 9.57. The van der Waals surface area contributed by atoms with Crippen LogP contribution in [0.3, 0.4) is 0 Å². The van der Waals surface area contributed by atoms with E-state index in [-0.39, 0.29) is 16.7 Å². The number of hydrogen-bond donors (Lipinski definition) is 1. The van der Waals surface area contributed by atoms with Crippen LogP contribution in [-0.4, -0.2) is 25.9 Å². The Labute approximate surface area is 163 Å². The Bertz CT molecular complexity index is 1030. The number of benzene rings is 1. The highest BCUT2D eigenvalue weighted by atomic mass is 32.2. The summed E-state index contributed by atoms with van der Waals surface area (Å²) in [5.41, 5.74) is 3.17. The number of hydrogen-bond acceptors (Lipinski definition) is 5. The molecule has 0 fully saturated rings. The van der Waals surface area contributed by atoms with Gasteiger partial charge in [-0.1, -0.05) is 18.2 Å². The van der Waals surface area contributed by atoms with Crippen LogP contribution < -0.4 is 5.32 Å². The Morgan fingerprint density at radius 1 is 1.15 bits per heavy atom. The first kappa shape index (κ1) is 19.3. The van der Waals surface area contributed by atoms with Crippen molar-refractivity contribution < 1.29 is 13.2 Å². The first-order valence-corrected chi connectivity index (χ1v) is 10.8. The van der Waals surface area contributed by atoms with Crippen LogP contribution in [0, 0.1) is 13.8 Å². The van der Waals surface area contributed by atoms with Gasteiger partial charge in [0.15, 0.2) is 9.84 Å². The summed E-state index contributed by atoms with van der Waals surface area (Å²) in [4.78, 5) is 16.6. The van der Waals surface area contributed by atoms with Gasteiger partial charge in [-0.3, -0.25) is 9.78 Å². The smallest absolute Gasteiger partial charge is 0.251 e. The van der Waals surface area contributed by atoms with Gasteiger partial charge in [-0.2, -0.15) is 0 Å². The highest BCUT2D eigenvalue weighted by Gasteiger charge is 2.30. The van der Waals surface area contributed by atoms with E-state index >= 15 is 0 Å². The van der Waals surface area contributed by atoms with Gasteiger partial charge < -0.3 is 5.32 Å². The molecule has 2 aromatic heterocycles. The van der Waals surface area contributed by atoms with Crippen molar-refractivity contribution in [2.45, 2.75) is 23.3 Å². The molecular weight excluding hydrogens is 380 g/mol. The summed E-state index contributed by atoms with van der Waals surface area (Å²) in [5.74, 6) is -0.298. The number of pyridine rings is 1. The molecule has 0 unspecified atom stereocenters. The topological polar surface area (TPSA) is 76.1 Å². The fourth-order valence-electron chi connectivity index (χ4n) is 2.71. The van der Waals surface area contributed by atoms with Crippen LogP contribution in [0.4, 0.5) is 0 Å². The van der Waals surface area contributed by atoms with Crippen LogP contribution in [-0.2, 0) is 9.84 Å². The predicted octanol–water partition coefficient (Wildman–Crippen LogP) is 3.70. The molecule has 1 amide bonds. The van der Waals surface area contributed by atoms with Gasteiger partial charge in [0.05, 0.1) is 0 Å². The van der Waals surface area contributed by atoms with Crippen molar-refractivity contribution in [3.63, 3.8) is 0 Å². The number of carbonyl (C=O) groups is 1. The molecule has 1 atom stereocenters. The molecule has 1 N–H and O–H groups in total. The SMILES string of the molecule is Cc1ccc(C(=O)NC[C@@H](c2cccnc2)S(=O)(=O)c2cccs2)cc1C. The van der Waals surface area contributed by atoms with Gasteiger partial charge in [-0.05, 0) is 60.2 Å². The van der Waals surface area contributed by atoms with E-state index in [9.17, 15) is 13.2 Å². The van der Waals surface area contributed by atoms with Crippen LogP contribution >= 0.6 is 11.3 Å². The van der Waals surface area contributed by atoms with E-state index in [2.05, 4.69) is 10.3 Å². The third kappa shape index (κ3) is 4.26. The molecular formula is C20H20N2O3S2. The maximum atomic E-state index is 13.1. The summed E-state index contributed by atoms with van der Waals surface area (Å²) in [6.07, 6.45) is 3.12. The Balaban J connectivity index is 1.86. The summed E-state index contributed by atoms with van der Waals surface area (Å²) < 4.78 is 26.4. The van der Waals surface area contributed by atoms with E-state index < -0.39 is 15.1 Å². The number of nitrogens with zero attached hydrogens (tertiary/aromatic N) is 1. The number of carbonyl (C=O) groups excluding carboxylic acids is 1. The molecule has 5 nitrogen and oxygen atoms in total. The average Bonchev–Trinajstić information content (AvgIpc) is 3.20. The number of nitrogens with one attached hydrogen (secondary N) is 1. The van der Waals surface area contributed by atoms with Crippen LogP contribution in [0.5, 0.6) is 0 Å². The number of amides is 1. The zero-order valence-electron chi connectivity index (χ0n) is 15.0.